The minimum atomic E-state index is -0.940. The molecule has 1 rings (SSSR count). The van der Waals surface area contributed by atoms with E-state index in [1.165, 1.54) is 0 Å². The molecule has 0 saturated carbocycles. The van der Waals surface area contributed by atoms with Gasteiger partial charge in [-0.3, -0.25) is 0 Å². The molecule has 0 heterocycles. The van der Waals surface area contributed by atoms with Crippen molar-refractivity contribution < 1.29 is 14.9 Å². The first-order chi connectivity index (χ1) is 7.69. The second-order valence-corrected chi connectivity index (χ2v) is 3.67. The number of hydrogen-bond donors (Lipinski definition) is 3. The summed E-state index contributed by atoms with van der Waals surface area (Å²) < 4.78 is 5.41. The molecule has 0 radical (unpaired) electrons. The number of hydrogen-bond acceptors (Lipinski definition) is 4. The van der Waals surface area contributed by atoms with Crippen LogP contribution in [0.4, 0.5) is 0 Å². The van der Waals surface area contributed by atoms with E-state index in [0.29, 0.717) is 12.2 Å². The molecule has 0 fully saturated rings. The van der Waals surface area contributed by atoms with Crippen molar-refractivity contribution in [3.8, 4) is 5.75 Å². The van der Waals surface area contributed by atoms with Gasteiger partial charge in [-0.05, 0) is 24.1 Å². The Morgan fingerprint density at radius 3 is 2.38 bits per heavy atom. The molecular weight excluding hydrogens is 206 g/mol. The molecule has 0 saturated heterocycles. The second-order valence-electron chi connectivity index (χ2n) is 3.67. The van der Waals surface area contributed by atoms with E-state index in [-0.39, 0.29) is 6.54 Å². The van der Waals surface area contributed by atoms with Crippen molar-refractivity contribution in [2.24, 2.45) is 5.73 Å². The first-order valence-corrected chi connectivity index (χ1v) is 5.48. The standard InChI is InChI=1S/C12H19NO3/c1-2-7-16-10-5-3-9(4-6-10)12(15)11(14)8-13/h3-6,11-12,14-15H,2,7-8,13H2,1H3. The third-order valence-electron chi connectivity index (χ3n) is 2.30. The third-order valence-corrected chi connectivity index (χ3v) is 2.30. The average molecular weight is 225 g/mol. The highest BCUT2D eigenvalue weighted by atomic mass is 16.5. The lowest BCUT2D eigenvalue weighted by Crippen LogP contribution is -2.27. The van der Waals surface area contributed by atoms with Gasteiger partial charge in [-0.2, -0.15) is 0 Å². The quantitative estimate of drug-likeness (QED) is 0.670. The Kier molecular flexibility index (Phi) is 5.25. The van der Waals surface area contributed by atoms with Gasteiger partial charge >= 0.3 is 0 Å². The van der Waals surface area contributed by atoms with Gasteiger partial charge in [0.25, 0.3) is 0 Å². The van der Waals surface area contributed by atoms with Crippen molar-refractivity contribution in [1.82, 2.24) is 0 Å². The van der Waals surface area contributed by atoms with Gasteiger partial charge in [0.1, 0.15) is 11.9 Å². The fraction of sp³-hybridized carbons (Fsp3) is 0.500. The fourth-order valence-electron chi connectivity index (χ4n) is 1.33. The summed E-state index contributed by atoms with van der Waals surface area (Å²) in [6.07, 6.45) is -0.913. The summed E-state index contributed by atoms with van der Waals surface area (Å²) in [7, 11) is 0. The van der Waals surface area contributed by atoms with Crippen LogP contribution in [0.15, 0.2) is 24.3 Å². The van der Waals surface area contributed by atoms with Crippen molar-refractivity contribution in [3.63, 3.8) is 0 Å². The van der Waals surface area contributed by atoms with Crippen LogP contribution in [0.3, 0.4) is 0 Å². The Balaban J connectivity index is 2.63. The highest BCUT2D eigenvalue weighted by Gasteiger charge is 2.16. The van der Waals surface area contributed by atoms with E-state index < -0.39 is 12.2 Å². The molecule has 0 aliphatic carbocycles. The van der Waals surface area contributed by atoms with Crippen molar-refractivity contribution in [2.45, 2.75) is 25.6 Å². The number of benzene rings is 1. The maximum Gasteiger partial charge on any atom is 0.119 e. The molecule has 16 heavy (non-hydrogen) atoms. The van der Waals surface area contributed by atoms with Crippen molar-refractivity contribution >= 4 is 0 Å². The van der Waals surface area contributed by atoms with E-state index in [4.69, 9.17) is 10.5 Å². The maximum atomic E-state index is 9.69. The van der Waals surface area contributed by atoms with Crippen LogP contribution >= 0.6 is 0 Å². The van der Waals surface area contributed by atoms with E-state index in [1.807, 2.05) is 6.92 Å². The van der Waals surface area contributed by atoms with E-state index >= 15 is 0 Å². The molecule has 1 aromatic carbocycles. The smallest absolute Gasteiger partial charge is 0.119 e. The summed E-state index contributed by atoms with van der Waals surface area (Å²) in [4.78, 5) is 0. The topological polar surface area (TPSA) is 75.7 Å². The molecule has 0 aliphatic rings. The van der Waals surface area contributed by atoms with Crippen molar-refractivity contribution in [3.05, 3.63) is 29.8 Å². The normalized spacial score (nSPS) is 14.5. The molecule has 1 aromatic rings. The summed E-state index contributed by atoms with van der Waals surface area (Å²) in [6, 6.07) is 7.01. The zero-order valence-electron chi connectivity index (χ0n) is 9.47. The van der Waals surface area contributed by atoms with Gasteiger partial charge in [-0.15, -0.1) is 0 Å². The predicted molar refractivity (Wildman–Crippen MR) is 62.2 cm³/mol. The zero-order chi connectivity index (χ0) is 12.0. The first kappa shape index (κ1) is 13.0. The zero-order valence-corrected chi connectivity index (χ0v) is 9.47. The predicted octanol–water partition coefficient (Wildman–Crippen LogP) is 0.828. The molecule has 2 unspecified atom stereocenters. The van der Waals surface area contributed by atoms with Crippen LogP contribution in [0.1, 0.15) is 25.0 Å². The summed E-state index contributed by atoms with van der Waals surface area (Å²) >= 11 is 0. The third kappa shape index (κ3) is 3.48. The maximum absolute atomic E-state index is 9.69. The molecule has 0 aliphatic heterocycles. The van der Waals surface area contributed by atoms with Crippen molar-refractivity contribution in [1.29, 1.82) is 0 Å². The lowest BCUT2D eigenvalue weighted by Gasteiger charge is -2.16. The van der Waals surface area contributed by atoms with Gasteiger partial charge < -0.3 is 20.7 Å². The fourth-order valence-corrected chi connectivity index (χ4v) is 1.33. The molecule has 4 nitrogen and oxygen atoms in total. The minimum absolute atomic E-state index is 0.0370. The van der Waals surface area contributed by atoms with Gasteiger partial charge in [0.15, 0.2) is 0 Å². The summed E-state index contributed by atoms with van der Waals surface area (Å²) in [5, 5.41) is 19.1. The molecule has 0 amide bonds. The Labute approximate surface area is 95.7 Å². The highest BCUT2D eigenvalue weighted by molar-refractivity contribution is 5.29. The lowest BCUT2D eigenvalue weighted by molar-refractivity contribution is 0.0243. The number of ether oxygens (including phenoxy) is 1. The van der Waals surface area contributed by atoms with Gasteiger partial charge in [0.2, 0.25) is 0 Å². The van der Waals surface area contributed by atoms with Gasteiger partial charge in [-0.1, -0.05) is 19.1 Å². The SMILES string of the molecule is CCCOc1ccc(C(O)C(O)CN)cc1. The van der Waals surface area contributed by atoms with Crippen LogP contribution in [-0.2, 0) is 0 Å². The van der Waals surface area contributed by atoms with Gasteiger partial charge in [0, 0.05) is 6.54 Å². The molecule has 0 spiro atoms. The summed E-state index contributed by atoms with van der Waals surface area (Å²) in [6.45, 7) is 2.75. The monoisotopic (exact) mass is 225 g/mol. The minimum Gasteiger partial charge on any atom is -0.494 e. The molecular formula is C12H19NO3. The van der Waals surface area contributed by atoms with Crippen LogP contribution in [0, 0.1) is 0 Å². The Morgan fingerprint density at radius 1 is 1.25 bits per heavy atom. The van der Waals surface area contributed by atoms with E-state index in [1.54, 1.807) is 24.3 Å². The molecule has 90 valence electrons. The Bertz CT molecular complexity index is 300. The van der Waals surface area contributed by atoms with Crippen LogP contribution < -0.4 is 10.5 Å². The second kappa shape index (κ2) is 6.48. The number of aliphatic hydroxyl groups is 2. The number of aliphatic hydroxyl groups excluding tert-OH is 2. The van der Waals surface area contributed by atoms with E-state index in [9.17, 15) is 10.2 Å². The summed E-state index contributed by atoms with van der Waals surface area (Å²) in [5.41, 5.74) is 5.91. The van der Waals surface area contributed by atoms with Crippen molar-refractivity contribution in [2.75, 3.05) is 13.2 Å². The molecule has 4 N–H and O–H groups in total. The number of nitrogens with two attached hydrogens (primary N) is 1. The first-order valence-electron chi connectivity index (χ1n) is 5.48. The van der Waals surface area contributed by atoms with Crippen LogP contribution in [0.25, 0.3) is 0 Å². The van der Waals surface area contributed by atoms with E-state index in [0.717, 1.165) is 12.2 Å². The van der Waals surface area contributed by atoms with Gasteiger partial charge in [0.05, 0.1) is 12.7 Å². The average Bonchev–Trinajstić information content (AvgIpc) is 2.35. The molecule has 2 atom stereocenters. The Hall–Kier alpha value is -1.10. The van der Waals surface area contributed by atoms with Crippen LogP contribution in [0.5, 0.6) is 5.75 Å². The number of rotatable bonds is 6. The van der Waals surface area contributed by atoms with Crippen LogP contribution in [0.2, 0.25) is 0 Å². The van der Waals surface area contributed by atoms with E-state index in [2.05, 4.69) is 0 Å². The Morgan fingerprint density at radius 2 is 1.88 bits per heavy atom. The molecule has 0 bridgehead atoms. The summed E-state index contributed by atoms with van der Waals surface area (Å²) in [5.74, 6) is 0.764. The highest BCUT2D eigenvalue weighted by Crippen LogP contribution is 2.20. The van der Waals surface area contributed by atoms with Gasteiger partial charge in [-0.25, -0.2) is 0 Å². The molecule has 4 heteroatoms. The molecule has 0 aromatic heterocycles. The lowest BCUT2D eigenvalue weighted by atomic mass is 10.0. The van der Waals surface area contributed by atoms with Crippen LogP contribution in [-0.4, -0.2) is 29.5 Å². The largest absolute Gasteiger partial charge is 0.494 e.